The van der Waals surface area contributed by atoms with Gasteiger partial charge in [0.25, 0.3) is 0 Å². The quantitative estimate of drug-likeness (QED) is 0.778. The van der Waals surface area contributed by atoms with Crippen LogP contribution in [-0.2, 0) is 0 Å². The standard InChI is InChI=1S/C9H11ClFN.ClH/c1-5-3-4-7(11)8(6(2)12)9(5)10;/h3-4,6H,12H2,1-2H3;1H/t6-;/m1./s1. The van der Waals surface area contributed by atoms with Crippen molar-refractivity contribution in [3.63, 3.8) is 0 Å². The monoisotopic (exact) mass is 223 g/mol. The minimum absolute atomic E-state index is 0. The summed E-state index contributed by atoms with van der Waals surface area (Å²) in [4.78, 5) is 0. The molecule has 13 heavy (non-hydrogen) atoms. The molecule has 0 aliphatic carbocycles. The summed E-state index contributed by atoms with van der Waals surface area (Å²) in [5.74, 6) is -0.333. The van der Waals surface area contributed by atoms with Gasteiger partial charge in [-0.3, -0.25) is 0 Å². The van der Waals surface area contributed by atoms with Crippen LogP contribution >= 0.6 is 24.0 Å². The first-order valence-corrected chi connectivity index (χ1v) is 4.12. The Balaban J connectivity index is 0.00000144. The summed E-state index contributed by atoms with van der Waals surface area (Å²) < 4.78 is 13.1. The van der Waals surface area contributed by atoms with Gasteiger partial charge in [-0.25, -0.2) is 4.39 Å². The van der Waals surface area contributed by atoms with E-state index in [1.807, 2.05) is 6.92 Å². The summed E-state index contributed by atoms with van der Waals surface area (Å²) in [6, 6.07) is 2.67. The molecule has 0 saturated carbocycles. The first-order chi connectivity index (χ1) is 5.54. The molecule has 0 aromatic heterocycles. The van der Waals surface area contributed by atoms with E-state index in [1.165, 1.54) is 6.07 Å². The molecule has 0 amide bonds. The lowest BCUT2D eigenvalue weighted by Crippen LogP contribution is -2.08. The van der Waals surface area contributed by atoms with Crippen LogP contribution < -0.4 is 5.73 Å². The van der Waals surface area contributed by atoms with E-state index < -0.39 is 0 Å². The van der Waals surface area contributed by atoms with Crippen molar-refractivity contribution in [1.82, 2.24) is 0 Å². The molecule has 1 aromatic rings. The van der Waals surface area contributed by atoms with Crippen molar-refractivity contribution in [2.24, 2.45) is 5.73 Å². The van der Waals surface area contributed by atoms with Gasteiger partial charge in [0.15, 0.2) is 0 Å². The molecule has 0 aliphatic rings. The van der Waals surface area contributed by atoms with E-state index in [0.717, 1.165) is 5.56 Å². The Morgan fingerprint density at radius 1 is 1.46 bits per heavy atom. The maximum atomic E-state index is 13.1. The van der Waals surface area contributed by atoms with Gasteiger partial charge in [-0.1, -0.05) is 17.7 Å². The van der Waals surface area contributed by atoms with Crippen LogP contribution in [0.15, 0.2) is 12.1 Å². The number of nitrogens with two attached hydrogens (primary N) is 1. The van der Waals surface area contributed by atoms with Crippen molar-refractivity contribution in [1.29, 1.82) is 0 Å². The van der Waals surface area contributed by atoms with Gasteiger partial charge < -0.3 is 5.73 Å². The molecule has 1 rings (SSSR count). The predicted molar refractivity (Wildman–Crippen MR) is 56.0 cm³/mol. The number of aryl methyl sites for hydroxylation is 1. The average molecular weight is 224 g/mol. The van der Waals surface area contributed by atoms with Gasteiger partial charge in [0.2, 0.25) is 0 Å². The van der Waals surface area contributed by atoms with Crippen molar-refractivity contribution < 1.29 is 4.39 Å². The van der Waals surface area contributed by atoms with Gasteiger partial charge >= 0.3 is 0 Å². The maximum absolute atomic E-state index is 13.1. The van der Waals surface area contributed by atoms with Gasteiger partial charge in [0.1, 0.15) is 5.82 Å². The molecule has 1 aromatic carbocycles. The Bertz CT molecular complexity index is 300. The third-order valence-electron chi connectivity index (χ3n) is 1.77. The summed E-state index contributed by atoms with van der Waals surface area (Å²) >= 11 is 5.87. The second-order valence-corrected chi connectivity index (χ2v) is 3.26. The SMILES string of the molecule is Cc1ccc(F)c([C@@H](C)N)c1Cl.Cl. The van der Waals surface area contributed by atoms with Crippen LogP contribution in [0.1, 0.15) is 24.1 Å². The first-order valence-electron chi connectivity index (χ1n) is 3.74. The molecule has 0 aliphatic heterocycles. The Kier molecular flexibility index (Phi) is 4.68. The van der Waals surface area contributed by atoms with Crippen molar-refractivity contribution in [3.05, 3.63) is 34.1 Å². The normalized spacial score (nSPS) is 12.1. The minimum Gasteiger partial charge on any atom is -0.324 e. The molecule has 0 unspecified atom stereocenters. The summed E-state index contributed by atoms with van der Waals surface area (Å²) in [7, 11) is 0. The van der Waals surface area contributed by atoms with E-state index in [9.17, 15) is 4.39 Å². The highest BCUT2D eigenvalue weighted by Gasteiger charge is 2.12. The van der Waals surface area contributed by atoms with Crippen LogP contribution in [-0.4, -0.2) is 0 Å². The topological polar surface area (TPSA) is 26.0 Å². The molecule has 2 N–H and O–H groups in total. The summed E-state index contributed by atoms with van der Waals surface area (Å²) in [6.45, 7) is 3.54. The van der Waals surface area contributed by atoms with Crippen LogP contribution in [0.4, 0.5) is 4.39 Å². The second-order valence-electron chi connectivity index (χ2n) is 2.88. The Labute approximate surface area is 88.5 Å². The minimum atomic E-state index is -0.364. The third-order valence-corrected chi connectivity index (χ3v) is 2.28. The van der Waals surface area contributed by atoms with Gasteiger partial charge in [-0.2, -0.15) is 0 Å². The molecule has 1 nitrogen and oxygen atoms in total. The molecule has 74 valence electrons. The Morgan fingerprint density at radius 2 is 2.00 bits per heavy atom. The highest BCUT2D eigenvalue weighted by Crippen LogP contribution is 2.27. The van der Waals surface area contributed by atoms with E-state index in [2.05, 4.69) is 0 Å². The van der Waals surface area contributed by atoms with Crippen LogP contribution in [0, 0.1) is 12.7 Å². The van der Waals surface area contributed by atoms with Crippen LogP contribution in [0.2, 0.25) is 5.02 Å². The molecule has 1 atom stereocenters. The predicted octanol–water partition coefficient (Wildman–Crippen LogP) is 3.23. The average Bonchev–Trinajstić information content (AvgIpc) is 1.97. The fraction of sp³-hybridized carbons (Fsp3) is 0.333. The molecule has 0 saturated heterocycles. The van der Waals surface area contributed by atoms with Gasteiger partial charge in [0, 0.05) is 11.6 Å². The van der Waals surface area contributed by atoms with E-state index >= 15 is 0 Å². The fourth-order valence-corrected chi connectivity index (χ4v) is 1.42. The lowest BCUT2D eigenvalue weighted by atomic mass is 10.1. The zero-order chi connectivity index (χ0) is 9.30. The van der Waals surface area contributed by atoms with Gasteiger partial charge in [0.05, 0.1) is 5.02 Å². The molecule has 0 radical (unpaired) electrons. The third kappa shape index (κ3) is 2.56. The highest BCUT2D eigenvalue weighted by atomic mass is 35.5. The second kappa shape index (κ2) is 4.80. The van der Waals surface area contributed by atoms with Crippen molar-refractivity contribution in [2.45, 2.75) is 19.9 Å². The zero-order valence-corrected chi connectivity index (χ0v) is 9.05. The largest absolute Gasteiger partial charge is 0.324 e. The van der Waals surface area contributed by atoms with E-state index in [-0.39, 0.29) is 24.3 Å². The number of rotatable bonds is 1. The van der Waals surface area contributed by atoms with Gasteiger partial charge in [-0.05, 0) is 25.5 Å². The molecular formula is C9H12Cl2FN. The number of benzene rings is 1. The molecule has 0 heterocycles. The highest BCUT2D eigenvalue weighted by molar-refractivity contribution is 6.32. The van der Waals surface area contributed by atoms with E-state index in [1.54, 1.807) is 13.0 Å². The summed E-state index contributed by atoms with van der Waals surface area (Å²) in [5.41, 5.74) is 6.81. The number of hydrogen-bond donors (Lipinski definition) is 1. The number of hydrogen-bond acceptors (Lipinski definition) is 1. The van der Waals surface area contributed by atoms with Crippen LogP contribution in [0.5, 0.6) is 0 Å². The molecule has 0 fully saturated rings. The smallest absolute Gasteiger partial charge is 0.129 e. The molecule has 0 spiro atoms. The van der Waals surface area contributed by atoms with E-state index in [4.69, 9.17) is 17.3 Å². The maximum Gasteiger partial charge on any atom is 0.129 e. The van der Waals surface area contributed by atoms with Crippen molar-refractivity contribution in [3.8, 4) is 0 Å². The molecular weight excluding hydrogens is 212 g/mol. The van der Waals surface area contributed by atoms with Crippen molar-refractivity contribution in [2.75, 3.05) is 0 Å². The summed E-state index contributed by atoms with van der Waals surface area (Å²) in [5, 5.41) is 0.435. The molecule has 0 bridgehead atoms. The lowest BCUT2D eigenvalue weighted by molar-refractivity contribution is 0.593. The van der Waals surface area contributed by atoms with E-state index in [0.29, 0.717) is 10.6 Å². The zero-order valence-electron chi connectivity index (χ0n) is 7.47. The van der Waals surface area contributed by atoms with Crippen LogP contribution in [0.3, 0.4) is 0 Å². The lowest BCUT2D eigenvalue weighted by Gasteiger charge is -2.10. The number of halogens is 3. The molecule has 4 heteroatoms. The Hall–Kier alpha value is -0.310. The summed E-state index contributed by atoms with van der Waals surface area (Å²) in [6.07, 6.45) is 0. The first kappa shape index (κ1) is 12.7. The van der Waals surface area contributed by atoms with Crippen molar-refractivity contribution >= 4 is 24.0 Å². The van der Waals surface area contributed by atoms with Crippen LogP contribution in [0.25, 0.3) is 0 Å². The Morgan fingerprint density at radius 3 is 2.38 bits per heavy atom. The fourth-order valence-electron chi connectivity index (χ4n) is 1.10. The van der Waals surface area contributed by atoms with Gasteiger partial charge in [-0.15, -0.1) is 12.4 Å².